The van der Waals surface area contributed by atoms with Crippen LogP contribution in [0, 0.1) is 0 Å². The molecule has 2 rings (SSSR count). The largest absolute Gasteiger partial charge is 0.491 e. The maximum atomic E-state index is 11.0. The van der Waals surface area contributed by atoms with E-state index < -0.39 is 5.91 Å². The van der Waals surface area contributed by atoms with E-state index in [0.29, 0.717) is 17.9 Å². The first-order valence-corrected chi connectivity index (χ1v) is 5.40. The number of rotatable bonds is 4. The zero-order valence-electron chi connectivity index (χ0n) is 9.02. The molecule has 1 aromatic carbocycles. The first kappa shape index (κ1) is 11.0. The van der Waals surface area contributed by atoms with Crippen molar-refractivity contribution in [3.05, 3.63) is 29.8 Å². The molecule has 0 aliphatic carbocycles. The quantitative estimate of drug-likeness (QED) is 0.834. The number of carbonyl (C=O) groups is 1. The molecule has 1 heterocycles. The fourth-order valence-corrected chi connectivity index (χ4v) is 1.70. The smallest absolute Gasteiger partial charge is 0.248 e. The normalized spacial score (nSPS) is 19.6. The number of hydrogen-bond donors (Lipinski definition) is 1. The number of hydrogen-bond acceptors (Lipinski definition) is 3. The predicted molar refractivity (Wildman–Crippen MR) is 59.4 cm³/mol. The van der Waals surface area contributed by atoms with Crippen LogP contribution in [0.3, 0.4) is 0 Å². The van der Waals surface area contributed by atoms with Crippen LogP contribution in [0.2, 0.25) is 0 Å². The third-order valence-electron chi connectivity index (χ3n) is 2.58. The first-order valence-electron chi connectivity index (χ1n) is 5.40. The number of primary amides is 1. The van der Waals surface area contributed by atoms with E-state index in [2.05, 4.69) is 0 Å². The molecule has 1 aliphatic rings. The average molecular weight is 221 g/mol. The van der Waals surface area contributed by atoms with Gasteiger partial charge in [-0.2, -0.15) is 0 Å². The van der Waals surface area contributed by atoms with Crippen LogP contribution in [0.25, 0.3) is 0 Å². The van der Waals surface area contributed by atoms with Crippen molar-refractivity contribution in [1.82, 2.24) is 0 Å². The van der Waals surface area contributed by atoms with Gasteiger partial charge in [-0.1, -0.05) is 6.07 Å². The van der Waals surface area contributed by atoms with Crippen molar-refractivity contribution in [1.29, 1.82) is 0 Å². The van der Waals surface area contributed by atoms with E-state index in [1.807, 2.05) is 0 Å². The molecule has 1 aromatic rings. The number of nitrogens with two attached hydrogens (primary N) is 1. The Morgan fingerprint density at radius 1 is 1.56 bits per heavy atom. The highest BCUT2D eigenvalue weighted by molar-refractivity contribution is 5.93. The summed E-state index contributed by atoms with van der Waals surface area (Å²) in [6.07, 6.45) is 2.31. The maximum Gasteiger partial charge on any atom is 0.248 e. The number of carbonyl (C=O) groups excluding carboxylic acids is 1. The van der Waals surface area contributed by atoms with E-state index in [4.69, 9.17) is 15.2 Å². The summed E-state index contributed by atoms with van der Waals surface area (Å²) in [6.45, 7) is 1.34. The topological polar surface area (TPSA) is 61.6 Å². The second-order valence-electron chi connectivity index (χ2n) is 3.84. The summed E-state index contributed by atoms with van der Waals surface area (Å²) in [4.78, 5) is 11.0. The van der Waals surface area contributed by atoms with Gasteiger partial charge in [-0.05, 0) is 31.0 Å². The minimum atomic E-state index is -0.442. The second kappa shape index (κ2) is 4.99. The van der Waals surface area contributed by atoms with Gasteiger partial charge in [0.25, 0.3) is 0 Å². The molecule has 0 aromatic heterocycles. The monoisotopic (exact) mass is 221 g/mol. The molecule has 0 unspecified atom stereocenters. The fourth-order valence-electron chi connectivity index (χ4n) is 1.70. The first-order chi connectivity index (χ1) is 7.75. The van der Waals surface area contributed by atoms with E-state index in [9.17, 15) is 4.79 Å². The Bertz CT molecular complexity index is 372. The van der Waals surface area contributed by atoms with Crippen LogP contribution in [-0.4, -0.2) is 25.2 Å². The van der Waals surface area contributed by atoms with Crippen LogP contribution < -0.4 is 10.5 Å². The Labute approximate surface area is 94.3 Å². The lowest BCUT2D eigenvalue weighted by Crippen LogP contribution is -2.16. The minimum absolute atomic E-state index is 0.178. The second-order valence-corrected chi connectivity index (χ2v) is 3.84. The van der Waals surface area contributed by atoms with Crippen LogP contribution in [0.5, 0.6) is 5.75 Å². The molecule has 4 heteroatoms. The number of ether oxygens (including phenoxy) is 2. The molecule has 0 saturated carbocycles. The highest BCUT2D eigenvalue weighted by Crippen LogP contribution is 2.16. The molecule has 0 radical (unpaired) electrons. The van der Waals surface area contributed by atoms with Gasteiger partial charge in [-0.3, -0.25) is 4.79 Å². The van der Waals surface area contributed by atoms with Gasteiger partial charge in [0.15, 0.2) is 0 Å². The molecule has 0 spiro atoms. The molecule has 1 aliphatic heterocycles. The van der Waals surface area contributed by atoms with E-state index in [0.717, 1.165) is 19.4 Å². The third-order valence-corrected chi connectivity index (χ3v) is 2.58. The Morgan fingerprint density at radius 3 is 3.12 bits per heavy atom. The number of amides is 1. The third kappa shape index (κ3) is 2.73. The van der Waals surface area contributed by atoms with Crippen LogP contribution in [0.15, 0.2) is 24.3 Å². The summed E-state index contributed by atoms with van der Waals surface area (Å²) in [7, 11) is 0. The molecular weight excluding hydrogens is 206 g/mol. The van der Waals surface area contributed by atoms with Gasteiger partial charge in [0.2, 0.25) is 5.91 Å². The van der Waals surface area contributed by atoms with Crippen molar-refractivity contribution in [3.63, 3.8) is 0 Å². The molecule has 1 amide bonds. The van der Waals surface area contributed by atoms with Gasteiger partial charge in [-0.25, -0.2) is 0 Å². The summed E-state index contributed by atoms with van der Waals surface area (Å²) < 4.78 is 11.0. The van der Waals surface area contributed by atoms with Gasteiger partial charge in [-0.15, -0.1) is 0 Å². The molecular formula is C12H15NO3. The van der Waals surface area contributed by atoms with Crippen molar-refractivity contribution < 1.29 is 14.3 Å². The molecule has 2 N–H and O–H groups in total. The van der Waals surface area contributed by atoms with Gasteiger partial charge in [0, 0.05) is 12.2 Å². The van der Waals surface area contributed by atoms with Crippen molar-refractivity contribution in [2.45, 2.75) is 18.9 Å². The molecule has 86 valence electrons. The Balaban J connectivity index is 1.93. The van der Waals surface area contributed by atoms with Crippen LogP contribution in [-0.2, 0) is 4.74 Å². The van der Waals surface area contributed by atoms with E-state index in [-0.39, 0.29) is 6.10 Å². The summed E-state index contributed by atoms with van der Waals surface area (Å²) in [5.74, 6) is 0.217. The maximum absolute atomic E-state index is 11.0. The summed E-state index contributed by atoms with van der Waals surface area (Å²) in [5.41, 5.74) is 5.64. The minimum Gasteiger partial charge on any atom is -0.491 e. The summed E-state index contributed by atoms with van der Waals surface area (Å²) >= 11 is 0. The lowest BCUT2D eigenvalue weighted by molar-refractivity contribution is 0.0679. The Hall–Kier alpha value is -1.55. The van der Waals surface area contributed by atoms with Gasteiger partial charge >= 0.3 is 0 Å². The van der Waals surface area contributed by atoms with E-state index >= 15 is 0 Å². The lowest BCUT2D eigenvalue weighted by Gasteiger charge is -2.11. The van der Waals surface area contributed by atoms with Gasteiger partial charge in [0.05, 0.1) is 6.10 Å². The van der Waals surface area contributed by atoms with Crippen molar-refractivity contribution in [2.24, 2.45) is 5.73 Å². The van der Waals surface area contributed by atoms with Crippen molar-refractivity contribution in [2.75, 3.05) is 13.2 Å². The molecule has 1 fully saturated rings. The zero-order chi connectivity index (χ0) is 11.4. The summed E-state index contributed by atoms with van der Waals surface area (Å²) in [5, 5.41) is 0. The molecule has 1 saturated heterocycles. The van der Waals surface area contributed by atoms with E-state index in [1.165, 1.54) is 0 Å². The van der Waals surface area contributed by atoms with Crippen LogP contribution in [0.4, 0.5) is 0 Å². The van der Waals surface area contributed by atoms with Crippen molar-refractivity contribution in [3.8, 4) is 5.75 Å². The highest BCUT2D eigenvalue weighted by Gasteiger charge is 2.16. The molecule has 4 nitrogen and oxygen atoms in total. The average Bonchev–Trinajstić information content (AvgIpc) is 2.79. The van der Waals surface area contributed by atoms with Gasteiger partial charge in [0.1, 0.15) is 12.4 Å². The molecule has 1 atom stereocenters. The van der Waals surface area contributed by atoms with Crippen LogP contribution >= 0.6 is 0 Å². The van der Waals surface area contributed by atoms with Crippen LogP contribution in [0.1, 0.15) is 23.2 Å². The van der Waals surface area contributed by atoms with Crippen molar-refractivity contribution >= 4 is 5.91 Å². The highest BCUT2D eigenvalue weighted by atomic mass is 16.5. The molecule has 0 bridgehead atoms. The molecule has 16 heavy (non-hydrogen) atoms. The zero-order valence-corrected chi connectivity index (χ0v) is 9.02. The Morgan fingerprint density at radius 2 is 2.44 bits per heavy atom. The van der Waals surface area contributed by atoms with Gasteiger partial charge < -0.3 is 15.2 Å². The SMILES string of the molecule is NC(=O)c1cccc(OC[C@H]2CCCO2)c1. The number of benzene rings is 1. The standard InChI is InChI=1S/C12H15NO3/c13-12(14)9-3-1-4-10(7-9)16-8-11-5-2-6-15-11/h1,3-4,7,11H,2,5-6,8H2,(H2,13,14)/t11-/m1/s1. The fraction of sp³-hybridized carbons (Fsp3) is 0.417. The lowest BCUT2D eigenvalue weighted by atomic mass is 10.2. The Kier molecular flexibility index (Phi) is 3.41. The van der Waals surface area contributed by atoms with E-state index in [1.54, 1.807) is 24.3 Å². The predicted octanol–water partition coefficient (Wildman–Crippen LogP) is 1.34. The summed E-state index contributed by atoms with van der Waals surface area (Å²) in [6, 6.07) is 6.88.